The first-order chi connectivity index (χ1) is 31.0. The number of carbonyl (C=O) groups is 4. The third-order valence-corrected chi connectivity index (χ3v) is 23.5. The lowest BCUT2D eigenvalue weighted by Crippen LogP contribution is -2.70. The molecule has 1 aromatic carbocycles. The predicted octanol–water partition coefficient (Wildman–Crippen LogP) is 10.8. The zero-order chi connectivity index (χ0) is 48.5. The molecular formula is C58H74O9. The fourth-order valence-corrected chi connectivity index (χ4v) is 18.4. The van der Waals surface area contributed by atoms with Gasteiger partial charge in [-0.05, 0) is 172 Å². The fourth-order valence-electron chi connectivity index (χ4n) is 18.4. The molecule has 10 aliphatic rings. The van der Waals surface area contributed by atoms with Crippen LogP contribution in [0, 0.1) is 68.0 Å². The summed E-state index contributed by atoms with van der Waals surface area (Å²) in [5.74, 6) is -2.37. The maximum atomic E-state index is 14.9. The van der Waals surface area contributed by atoms with E-state index in [1.165, 1.54) is 12.7 Å². The molecule has 0 saturated heterocycles. The van der Waals surface area contributed by atoms with E-state index in [9.17, 15) is 29.4 Å². The van der Waals surface area contributed by atoms with E-state index in [1.54, 1.807) is 13.0 Å². The molecule has 1 heterocycles. The van der Waals surface area contributed by atoms with Gasteiger partial charge in [-0.3, -0.25) is 19.2 Å². The second kappa shape index (κ2) is 13.1. The molecule has 2 N–H and O–H groups in total. The van der Waals surface area contributed by atoms with Crippen LogP contribution in [0.2, 0.25) is 0 Å². The highest BCUT2D eigenvalue weighted by atomic mass is 16.7. The Morgan fingerprint density at radius 3 is 2.04 bits per heavy atom. The third-order valence-electron chi connectivity index (χ3n) is 23.5. The number of rotatable bonds is 1. The van der Waals surface area contributed by atoms with Crippen LogP contribution in [0.15, 0.2) is 52.7 Å². The van der Waals surface area contributed by atoms with Crippen LogP contribution in [0.4, 0.5) is 0 Å². The molecule has 15 atom stereocenters. The number of methoxy groups -OCH3 is 1. The van der Waals surface area contributed by atoms with Gasteiger partial charge in [0, 0.05) is 38.9 Å². The SMILES string of the molecule is COC(=O)C1(C)CCC2(C)CCC3(C)C4=CC(=O)c5c(cc6c(c5C)OC5(C)C7=CC=C8C(C)(CCC9(C)C%10CC(C)C(=O)C(O)C%10(C)CCC89C)C7=CC(=O)C5(O)O6)C4(C)CCC3(C)C2C1. The highest BCUT2D eigenvalue weighted by Crippen LogP contribution is 2.77. The normalized spacial score (nSPS) is 50.1. The number of ether oxygens (including phenoxy) is 3. The van der Waals surface area contributed by atoms with Gasteiger partial charge in [0.1, 0.15) is 6.10 Å². The number of ketones is 3. The van der Waals surface area contributed by atoms with Crippen molar-refractivity contribution in [1.82, 2.24) is 0 Å². The van der Waals surface area contributed by atoms with Crippen molar-refractivity contribution < 1.29 is 43.6 Å². The second-order valence-electron chi connectivity index (χ2n) is 26.3. The fraction of sp³-hybridized carbons (Fsp3) is 0.690. The van der Waals surface area contributed by atoms with Gasteiger partial charge in [-0.2, -0.15) is 0 Å². The lowest BCUT2D eigenvalue weighted by atomic mass is 9.34. The molecular weight excluding hydrogens is 841 g/mol. The summed E-state index contributed by atoms with van der Waals surface area (Å²) in [6.07, 6.45) is 16.9. The summed E-state index contributed by atoms with van der Waals surface area (Å²) in [4.78, 5) is 56.3. The average Bonchev–Trinajstić information content (AvgIpc) is 3.27. The number of allylic oxidation sites excluding steroid dienone is 5. The summed E-state index contributed by atoms with van der Waals surface area (Å²) < 4.78 is 19.2. The van der Waals surface area contributed by atoms with Gasteiger partial charge in [0.25, 0.3) is 0 Å². The molecule has 9 nitrogen and oxygen atoms in total. The lowest BCUT2D eigenvalue weighted by Gasteiger charge is -2.70. The van der Waals surface area contributed by atoms with Crippen LogP contribution in [-0.4, -0.2) is 58.1 Å². The van der Waals surface area contributed by atoms with Gasteiger partial charge in [-0.25, -0.2) is 0 Å². The predicted molar refractivity (Wildman–Crippen MR) is 254 cm³/mol. The van der Waals surface area contributed by atoms with Crippen molar-refractivity contribution in [3.05, 3.63) is 69.4 Å². The molecule has 6 fully saturated rings. The molecule has 1 aromatic rings. The van der Waals surface area contributed by atoms with Crippen molar-refractivity contribution in [3.63, 3.8) is 0 Å². The van der Waals surface area contributed by atoms with E-state index in [-0.39, 0.29) is 68.1 Å². The highest BCUT2D eigenvalue weighted by molar-refractivity contribution is 6.10. The highest BCUT2D eigenvalue weighted by Gasteiger charge is 2.73. The first-order valence-electron chi connectivity index (χ1n) is 25.6. The number of hydrogen-bond acceptors (Lipinski definition) is 9. The number of hydrogen-bond donors (Lipinski definition) is 2. The Kier molecular flexibility index (Phi) is 8.93. The molecule has 360 valence electrons. The Hall–Kier alpha value is -3.82. The van der Waals surface area contributed by atoms with E-state index >= 15 is 0 Å². The Bertz CT molecular complexity index is 2670. The summed E-state index contributed by atoms with van der Waals surface area (Å²) in [6.45, 7) is 26.3. The van der Waals surface area contributed by atoms with Gasteiger partial charge in [-0.15, -0.1) is 0 Å². The van der Waals surface area contributed by atoms with Gasteiger partial charge in [-0.1, -0.05) is 80.0 Å². The summed E-state index contributed by atoms with van der Waals surface area (Å²) >= 11 is 0. The Balaban J connectivity index is 0.975. The van der Waals surface area contributed by atoms with Crippen molar-refractivity contribution in [2.24, 2.45) is 61.1 Å². The molecule has 11 rings (SSSR count). The van der Waals surface area contributed by atoms with Crippen LogP contribution in [-0.2, 0) is 24.5 Å². The van der Waals surface area contributed by atoms with E-state index in [2.05, 4.69) is 68.4 Å². The van der Waals surface area contributed by atoms with Crippen LogP contribution >= 0.6 is 0 Å². The number of Topliss-reactive ketones (excluding diaryl/α,β-unsaturated/α-hetero) is 1. The van der Waals surface area contributed by atoms with Crippen LogP contribution in [0.5, 0.6) is 11.5 Å². The molecule has 0 bridgehead atoms. The molecule has 1 aliphatic heterocycles. The maximum Gasteiger partial charge on any atom is 0.317 e. The molecule has 0 amide bonds. The zero-order valence-corrected chi connectivity index (χ0v) is 42.4. The zero-order valence-electron chi connectivity index (χ0n) is 42.4. The molecule has 15 unspecified atom stereocenters. The largest absolute Gasteiger partial charge is 0.471 e. The first-order valence-corrected chi connectivity index (χ1v) is 25.6. The van der Waals surface area contributed by atoms with Gasteiger partial charge in [0.15, 0.2) is 23.1 Å². The van der Waals surface area contributed by atoms with Crippen molar-refractivity contribution in [3.8, 4) is 11.5 Å². The van der Waals surface area contributed by atoms with Gasteiger partial charge in [0.2, 0.25) is 11.4 Å². The van der Waals surface area contributed by atoms with Crippen LogP contribution in [0.25, 0.3) is 0 Å². The van der Waals surface area contributed by atoms with Crippen molar-refractivity contribution in [1.29, 1.82) is 0 Å². The average molecular weight is 915 g/mol. The summed E-state index contributed by atoms with van der Waals surface area (Å²) in [5, 5.41) is 24.3. The Labute approximate surface area is 397 Å². The number of aliphatic hydroxyl groups is 2. The van der Waals surface area contributed by atoms with E-state index < -0.39 is 44.9 Å². The molecule has 0 spiro atoms. The minimum absolute atomic E-state index is 0.0385. The second-order valence-corrected chi connectivity index (χ2v) is 26.3. The standard InChI is InChI=1S/C58H74O9/c1-31-26-39-52(7,46(62)44(31)61)21-25-53(8)38-15-14-33-34(50(38,5)19-23-55(39,53)10)28-42(60)58(64)57(33,12)67-45-32(2)43-35(27-37(45)66-58)51(6)20-24-56(11)41-30-49(4,47(63)65-13)17-16-48(41,3)18-22-54(56,9)40(51)29-36(43)59/h14-15,27-29,31,39,41,46,62,64H,16-26,30H2,1-13H3. The maximum absolute atomic E-state index is 14.9. The monoisotopic (exact) mass is 915 g/mol. The lowest BCUT2D eigenvalue weighted by molar-refractivity contribution is -0.231. The number of benzene rings is 1. The van der Waals surface area contributed by atoms with E-state index in [4.69, 9.17) is 14.2 Å². The number of esters is 1. The number of aliphatic hydroxyl groups excluding tert-OH is 1. The Morgan fingerprint density at radius 2 is 1.36 bits per heavy atom. The van der Waals surface area contributed by atoms with Crippen LogP contribution in [0.1, 0.15) is 175 Å². The third kappa shape index (κ3) is 5.00. The quantitative estimate of drug-likeness (QED) is 0.264. The van der Waals surface area contributed by atoms with Crippen LogP contribution in [0.3, 0.4) is 0 Å². The van der Waals surface area contributed by atoms with E-state index in [0.717, 1.165) is 93.8 Å². The molecule has 0 aromatic heterocycles. The van der Waals surface area contributed by atoms with Crippen molar-refractivity contribution >= 4 is 23.3 Å². The smallest absolute Gasteiger partial charge is 0.317 e. The van der Waals surface area contributed by atoms with Crippen molar-refractivity contribution in [2.75, 3.05) is 7.11 Å². The molecule has 9 aliphatic carbocycles. The topological polar surface area (TPSA) is 136 Å². The summed E-state index contributed by atoms with van der Waals surface area (Å²) in [5.41, 5.74) is 1.27. The van der Waals surface area contributed by atoms with Gasteiger partial charge < -0.3 is 24.4 Å². The van der Waals surface area contributed by atoms with Crippen molar-refractivity contribution in [2.45, 2.75) is 183 Å². The first kappa shape index (κ1) is 45.6. The van der Waals surface area contributed by atoms with Gasteiger partial charge in [0.05, 0.1) is 12.5 Å². The number of fused-ring (bicyclic) bond motifs is 17. The van der Waals surface area contributed by atoms with E-state index in [1.807, 2.05) is 32.1 Å². The minimum Gasteiger partial charge on any atom is -0.471 e. The molecule has 6 saturated carbocycles. The van der Waals surface area contributed by atoms with E-state index in [0.29, 0.717) is 22.4 Å². The summed E-state index contributed by atoms with van der Waals surface area (Å²) in [6, 6.07) is 1.89. The Morgan fingerprint density at radius 1 is 0.731 bits per heavy atom. The molecule has 67 heavy (non-hydrogen) atoms. The molecule has 9 heteroatoms. The van der Waals surface area contributed by atoms with Crippen LogP contribution < -0.4 is 9.47 Å². The molecule has 0 radical (unpaired) electrons. The summed E-state index contributed by atoms with van der Waals surface area (Å²) in [7, 11) is 1.50. The minimum atomic E-state index is -2.38. The van der Waals surface area contributed by atoms with Gasteiger partial charge >= 0.3 is 11.8 Å². The number of carbonyl (C=O) groups excluding carboxylic acids is 4.